The van der Waals surface area contributed by atoms with Crippen LogP contribution in [0.2, 0.25) is 0 Å². The molecule has 114 valence electrons. The molecule has 0 aliphatic rings. The van der Waals surface area contributed by atoms with Crippen molar-refractivity contribution in [3.05, 3.63) is 35.5 Å². The molecule has 0 radical (unpaired) electrons. The van der Waals surface area contributed by atoms with Crippen LogP contribution in [-0.2, 0) is 23.1 Å². The lowest BCUT2D eigenvalue weighted by atomic mass is 10.2. The number of hydrogen-bond acceptors (Lipinski definition) is 6. The highest BCUT2D eigenvalue weighted by Crippen LogP contribution is 2.16. The van der Waals surface area contributed by atoms with Crippen molar-refractivity contribution in [1.82, 2.24) is 30.2 Å². The summed E-state index contributed by atoms with van der Waals surface area (Å²) in [5.41, 5.74) is 1.97. The van der Waals surface area contributed by atoms with Gasteiger partial charge in [-0.25, -0.2) is 23.1 Å². The first-order chi connectivity index (χ1) is 10.0. The SMILES string of the molecule is CCNCc1c(S(=O)(=O)NCc2ccncn2)n[nH]c1C. The second-order valence-electron chi connectivity index (χ2n) is 4.44. The van der Waals surface area contributed by atoms with Gasteiger partial charge in [-0.15, -0.1) is 0 Å². The summed E-state index contributed by atoms with van der Waals surface area (Å²) in [6.45, 7) is 5.04. The van der Waals surface area contributed by atoms with E-state index in [0.29, 0.717) is 17.8 Å². The molecule has 0 aliphatic heterocycles. The third-order valence-corrected chi connectivity index (χ3v) is 4.30. The molecule has 0 amide bonds. The Bertz CT molecular complexity index is 683. The number of rotatable bonds is 7. The summed E-state index contributed by atoms with van der Waals surface area (Å²) in [6, 6.07) is 1.65. The minimum Gasteiger partial charge on any atom is -0.313 e. The Kier molecular flexibility index (Phi) is 4.99. The minimum absolute atomic E-state index is 0.0232. The van der Waals surface area contributed by atoms with Crippen LogP contribution in [0.3, 0.4) is 0 Å². The molecular weight excluding hydrogens is 292 g/mol. The van der Waals surface area contributed by atoms with Gasteiger partial charge in [0.2, 0.25) is 0 Å². The number of nitrogens with zero attached hydrogens (tertiary/aromatic N) is 3. The van der Waals surface area contributed by atoms with Gasteiger partial charge in [0, 0.05) is 24.0 Å². The van der Waals surface area contributed by atoms with Gasteiger partial charge in [0.25, 0.3) is 10.0 Å². The van der Waals surface area contributed by atoms with Crippen LogP contribution in [0.25, 0.3) is 0 Å². The van der Waals surface area contributed by atoms with Crippen molar-refractivity contribution in [1.29, 1.82) is 0 Å². The molecule has 0 aromatic carbocycles. The van der Waals surface area contributed by atoms with E-state index in [0.717, 1.165) is 12.2 Å². The van der Waals surface area contributed by atoms with E-state index in [9.17, 15) is 8.42 Å². The molecule has 9 heteroatoms. The van der Waals surface area contributed by atoms with Crippen LogP contribution in [0.5, 0.6) is 0 Å². The second kappa shape index (κ2) is 6.74. The lowest BCUT2D eigenvalue weighted by molar-refractivity contribution is 0.573. The number of aromatic nitrogens is 4. The van der Waals surface area contributed by atoms with E-state index in [1.54, 1.807) is 19.2 Å². The number of H-pyrrole nitrogens is 1. The second-order valence-corrected chi connectivity index (χ2v) is 6.12. The maximum Gasteiger partial charge on any atom is 0.260 e. The van der Waals surface area contributed by atoms with Crippen LogP contribution in [-0.4, -0.2) is 35.1 Å². The largest absolute Gasteiger partial charge is 0.313 e. The van der Waals surface area contributed by atoms with E-state index >= 15 is 0 Å². The van der Waals surface area contributed by atoms with Gasteiger partial charge in [-0.05, 0) is 19.5 Å². The topological polar surface area (TPSA) is 113 Å². The van der Waals surface area contributed by atoms with Crippen LogP contribution in [0, 0.1) is 6.92 Å². The fourth-order valence-electron chi connectivity index (χ4n) is 1.77. The maximum atomic E-state index is 12.3. The zero-order valence-corrected chi connectivity index (χ0v) is 12.7. The Morgan fingerprint density at radius 3 is 2.81 bits per heavy atom. The van der Waals surface area contributed by atoms with Gasteiger partial charge < -0.3 is 5.32 Å². The number of aromatic amines is 1. The quantitative estimate of drug-likeness (QED) is 0.668. The molecule has 2 aromatic rings. The predicted octanol–water partition coefficient (Wildman–Crippen LogP) is 0.0961. The Balaban J connectivity index is 2.16. The highest BCUT2D eigenvalue weighted by molar-refractivity contribution is 7.89. The highest BCUT2D eigenvalue weighted by atomic mass is 32.2. The molecule has 0 fully saturated rings. The number of hydrogen-bond donors (Lipinski definition) is 3. The fraction of sp³-hybridized carbons (Fsp3) is 0.417. The van der Waals surface area contributed by atoms with Crippen LogP contribution >= 0.6 is 0 Å². The summed E-state index contributed by atoms with van der Waals surface area (Å²) >= 11 is 0. The van der Waals surface area contributed by atoms with Crippen molar-refractivity contribution in [2.75, 3.05) is 6.54 Å². The van der Waals surface area contributed by atoms with Crippen molar-refractivity contribution >= 4 is 10.0 Å². The Labute approximate surface area is 123 Å². The molecule has 2 rings (SSSR count). The Hall–Kier alpha value is -1.84. The molecule has 21 heavy (non-hydrogen) atoms. The monoisotopic (exact) mass is 310 g/mol. The maximum absolute atomic E-state index is 12.3. The lowest BCUT2D eigenvalue weighted by Gasteiger charge is -2.07. The molecule has 3 N–H and O–H groups in total. The first kappa shape index (κ1) is 15.5. The normalized spacial score (nSPS) is 11.7. The van der Waals surface area contributed by atoms with Crippen molar-refractivity contribution in [2.45, 2.75) is 32.0 Å². The van der Waals surface area contributed by atoms with Gasteiger partial charge >= 0.3 is 0 Å². The van der Waals surface area contributed by atoms with E-state index in [1.165, 1.54) is 6.33 Å². The van der Waals surface area contributed by atoms with Gasteiger partial charge in [-0.2, -0.15) is 5.10 Å². The predicted molar refractivity (Wildman–Crippen MR) is 76.8 cm³/mol. The molecular formula is C12H18N6O2S. The summed E-state index contributed by atoms with van der Waals surface area (Å²) in [5.74, 6) is 0. The standard InChI is InChI=1S/C12H18N6O2S/c1-3-13-7-11-9(2)17-18-12(11)21(19,20)16-6-10-4-5-14-8-15-10/h4-5,8,13,16H,3,6-7H2,1-2H3,(H,17,18). The van der Waals surface area contributed by atoms with E-state index < -0.39 is 10.0 Å². The van der Waals surface area contributed by atoms with Gasteiger partial charge in [-0.1, -0.05) is 6.92 Å². The molecule has 2 aromatic heterocycles. The molecule has 0 saturated carbocycles. The smallest absolute Gasteiger partial charge is 0.260 e. The van der Waals surface area contributed by atoms with Crippen LogP contribution in [0.1, 0.15) is 23.9 Å². The zero-order valence-electron chi connectivity index (χ0n) is 11.9. The molecule has 0 bridgehead atoms. The molecule has 0 spiro atoms. The number of nitrogens with one attached hydrogen (secondary N) is 3. The summed E-state index contributed by atoms with van der Waals surface area (Å²) in [6.07, 6.45) is 2.94. The van der Waals surface area contributed by atoms with E-state index in [1.807, 2.05) is 6.92 Å². The molecule has 0 atom stereocenters. The van der Waals surface area contributed by atoms with Crippen molar-refractivity contribution < 1.29 is 8.42 Å². The molecule has 2 heterocycles. The van der Waals surface area contributed by atoms with Gasteiger partial charge in [0.1, 0.15) is 6.33 Å². The summed E-state index contributed by atoms with van der Waals surface area (Å²) in [5, 5.41) is 9.75. The molecule has 8 nitrogen and oxygen atoms in total. The van der Waals surface area contributed by atoms with Crippen LogP contribution in [0.15, 0.2) is 23.6 Å². The van der Waals surface area contributed by atoms with Gasteiger partial charge in [-0.3, -0.25) is 5.10 Å². The number of sulfonamides is 1. The first-order valence-corrected chi connectivity index (χ1v) is 8.02. The number of aryl methyl sites for hydroxylation is 1. The summed E-state index contributed by atoms with van der Waals surface area (Å²) < 4.78 is 27.2. The molecule has 0 unspecified atom stereocenters. The lowest BCUT2D eigenvalue weighted by Crippen LogP contribution is -2.26. The van der Waals surface area contributed by atoms with Crippen molar-refractivity contribution in [3.63, 3.8) is 0 Å². The summed E-state index contributed by atoms with van der Waals surface area (Å²) in [7, 11) is -3.69. The van der Waals surface area contributed by atoms with E-state index in [2.05, 4.69) is 30.2 Å². The third kappa shape index (κ3) is 3.84. The van der Waals surface area contributed by atoms with Crippen molar-refractivity contribution in [2.24, 2.45) is 0 Å². The average Bonchev–Trinajstić information content (AvgIpc) is 2.86. The average molecular weight is 310 g/mol. The first-order valence-electron chi connectivity index (χ1n) is 6.53. The minimum atomic E-state index is -3.69. The molecule has 0 aliphatic carbocycles. The van der Waals surface area contributed by atoms with E-state index in [4.69, 9.17) is 0 Å². The summed E-state index contributed by atoms with van der Waals surface area (Å²) in [4.78, 5) is 7.76. The van der Waals surface area contributed by atoms with Crippen molar-refractivity contribution in [3.8, 4) is 0 Å². The molecule has 0 saturated heterocycles. The van der Waals surface area contributed by atoms with E-state index in [-0.39, 0.29) is 11.6 Å². The zero-order chi connectivity index (χ0) is 15.3. The highest BCUT2D eigenvalue weighted by Gasteiger charge is 2.23. The third-order valence-electron chi connectivity index (χ3n) is 2.93. The van der Waals surface area contributed by atoms with Crippen LogP contribution < -0.4 is 10.0 Å². The van der Waals surface area contributed by atoms with Gasteiger partial charge in [0.05, 0.1) is 12.2 Å². The fourth-order valence-corrected chi connectivity index (χ4v) is 2.96. The van der Waals surface area contributed by atoms with Crippen LogP contribution in [0.4, 0.5) is 0 Å². The Morgan fingerprint density at radius 2 is 2.14 bits per heavy atom. The van der Waals surface area contributed by atoms with Gasteiger partial charge in [0.15, 0.2) is 5.03 Å². The Morgan fingerprint density at radius 1 is 1.33 bits per heavy atom.